The Morgan fingerprint density at radius 3 is 2.61 bits per heavy atom. The maximum absolute atomic E-state index is 12.4. The summed E-state index contributed by atoms with van der Waals surface area (Å²) in [6.07, 6.45) is 8.09. The van der Waals surface area contributed by atoms with Crippen LogP contribution in [0.2, 0.25) is 0 Å². The van der Waals surface area contributed by atoms with Gasteiger partial charge in [0, 0.05) is 81.9 Å². The number of rotatable bonds is 5. The SMILES string of the molecule is CC(C)N1CCN[C@@](C)(c2ccc(-c3cc4c(N5CCN(C(=O)C6CC6)CC5)ccnn4c3)nc2)C1. The molecule has 3 fully saturated rings. The van der Waals surface area contributed by atoms with E-state index in [1.165, 1.54) is 11.3 Å². The van der Waals surface area contributed by atoms with Gasteiger partial charge >= 0.3 is 0 Å². The van der Waals surface area contributed by atoms with E-state index in [0.717, 1.165) is 75.4 Å². The van der Waals surface area contributed by atoms with Gasteiger partial charge in [0.05, 0.1) is 22.4 Å². The molecule has 1 amide bonds. The lowest BCUT2D eigenvalue weighted by atomic mass is 9.90. The lowest BCUT2D eigenvalue weighted by Gasteiger charge is -2.43. The monoisotopic (exact) mass is 487 g/mol. The molecule has 0 radical (unpaired) electrons. The molecule has 5 heterocycles. The van der Waals surface area contributed by atoms with Crippen molar-refractivity contribution in [2.24, 2.45) is 5.92 Å². The summed E-state index contributed by atoms with van der Waals surface area (Å²) in [5.74, 6) is 0.644. The minimum atomic E-state index is -0.0999. The zero-order valence-electron chi connectivity index (χ0n) is 21.7. The number of aromatic nitrogens is 3. The molecule has 6 rings (SSSR count). The third-order valence-corrected chi connectivity index (χ3v) is 8.21. The van der Waals surface area contributed by atoms with Crippen LogP contribution in [0.25, 0.3) is 16.8 Å². The molecule has 0 unspecified atom stereocenters. The van der Waals surface area contributed by atoms with E-state index < -0.39 is 0 Å². The third kappa shape index (κ3) is 4.37. The number of fused-ring (bicyclic) bond motifs is 1. The first kappa shape index (κ1) is 23.4. The highest BCUT2D eigenvalue weighted by Gasteiger charge is 2.35. The van der Waals surface area contributed by atoms with Crippen LogP contribution in [0.15, 0.2) is 42.9 Å². The minimum Gasteiger partial charge on any atom is -0.366 e. The number of nitrogens with zero attached hydrogens (tertiary/aromatic N) is 6. The van der Waals surface area contributed by atoms with E-state index in [9.17, 15) is 4.79 Å². The molecule has 1 atom stereocenters. The van der Waals surface area contributed by atoms with Gasteiger partial charge in [-0.1, -0.05) is 6.07 Å². The average Bonchev–Trinajstić information content (AvgIpc) is 3.66. The Labute approximate surface area is 213 Å². The molecule has 0 bridgehead atoms. The number of carbonyl (C=O) groups is 1. The van der Waals surface area contributed by atoms with Gasteiger partial charge in [-0.25, -0.2) is 4.52 Å². The summed E-state index contributed by atoms with van der Waals surface area (Å²) in [6.45, 7) is 13.1. The van der Waals surface area contributed by atoms with Gasteiger partial charge in [-0.15, -0.1) is 0 Å². The van der Waals surface area contributed by atoms with Crippen molar-refractivity contribution in [3.8, 4) is 11.3 Å². The minimum absolute atomic E-state index is 0.0999. The van der Waals surface area contributed by atoms with E-state index in [1.807, 2.05) is 21.8 Å². The van der Waals surface area contributed by atoms with Crippen molar-refractivity contribution in [1.29, 1.82) is 0 Å². The Balaban J connectivity index is 1.20. The van der Waals surface area contributed by atoms with Crippen molar-refractivity contribution in [3.63, 3.8) is 0 Å². The molecule has 1 saturated carbocycles. The summed E-state index contributed by atoms with van der Waals surface area (Å²) in [7, 11) is 0. The van der Waals surface area contributed by atoms with Gasteiger partial charge in [-0.2, -0.15) is 5.10 Å². The van der Waals surface area contributed by atoms with E-state index in [1.54, 1.807) is 0 Å². The molecule has 2 saturated heterocycles. The number of hydrogen-bond donors (Lipinski definition) is 1. The van der Waals surface area contributed by atoms with Crippen LogP contribution in [0.1, 0.15) is 39.2 Å². The van der Waals surface area contributed by atoms with Crippen molar-refractivity contribution in [2.45, 2.75) is 45.2 Å². The van der Waals surface area contributed by atoms with Crippen LogP contribution < -0.4 is 10.2 Å². The van der Waals surface area contributed by atoms with Crippen LogP contribution in [0.5, 0.6) is 0 Å². The van der Waals surface area contributed by atoms with Crippen LogP contribution in [-0.2, 0) is 10.3 Å². The summed E-state index contributed by atoms with van der Waals surface area (Å²) < 4.78 is 1.95. The summed E-state index contributed by atoms with van der Waals surface area (Å²) in [5.41, 5.74) is 5.38. The molecule has 8 heteroatoms. The number of pyridine rings is 1. The fraction of sp³-hybridized carbons (Fsp3) is 0.536. The number of piperazine rings is 2. The Morgan fingerprint density at radius 1 is 1.11 bits per heavy atom. The number of hydrogen-bond acceptors (Lipinski definition) is 6. The van der Waals surface area contributed by atoms with Crippen molar-refractivity contribution < 1.29 is 4.79 Å². The van der Waals surface area contributed by atoms with Crippen molar-refractivity contribution in [2.75, 3.05) is 50.7 Å². The van der Waals surface area contributed by atoms with E-state index >= 15 is 0 Å². The highest BCUT2D eigenvalue weighted by Crippen LogP contribution is 2.33. The Kier molecular flexibility index (Phi) is 5.96. The second-order valence-electron chi connectivity index (χ2n) is 11.1. The topological polar surface area (TPSA) is 69.0 Å². The molecule has 3 aliphatic rings. The van der Waals surface area contributed by atoms with Crippen LogP contribution in [-0.4, -0.2) is 82.2 Å². The molecule has 3 aromatic rings. The van der Waals surface area contributed by atoms with Crippen molar-refractivity contribution in [1.82, 2.24) is 29.7 Å². The van der Waals surface area contributed by atoms with E-state index in [4.69, 9.17) is 4.98 Å². The van der Waals surface area contributed by atoms with E-state index in [-0.39, 0.29) is 5.54 Å². The lowest BCUT2D eigenvalue weighted by molar-refractivity contribution is -0.132. The Hall–Kier alpha value is -2.97. The number of anilines is 1. The van der Waals surface area contributed by atoms with E-state index in [0.29, 0.717) is 17.9 Å². The fourth-order valence-corrected chi connectivity index (χ4v) is 5.71. The van der Waals surface area contributed by atoms with Gasteiger partial charge in [0.1, 0.15) is 0 Å². The number of amides is 1. The van der Waals surface area contributed by atoms with Gasteiger partial charge < -0.3 is 15.1 Å². The van der Waals surface area contributed by atoms with Crippen LogP contribution in [0.3, 0.4) is 0 Å². The first-order valence-corrected chi connectivity index (χ1v) is 13.4. The number of carbonyl (C=O) groups excluding carboxylic acids is 1. The van der Waals surface area contributed by atoms with Gasteiger partial charge in [0.15, 0.2) is 0 Å². The predicted octanol–water partition coefficient (Wildman–Crippen LogP) is 2.98. The average molecular weight is 488 g/mol. The Bertz CT molecular complexity index is 1240. The summed E-state index contributed by atoms with van der Waals surface area (Å²) in [5, 5.41) is 8.28. The Morgan fingerprint density at radius 2 is 1.92 bits per heavy atom. The number of nitrogens with one attached hydrogen (secondary N) is 1. The smallest absolute Gasteiger partial charge is 0.225 e. The maximum atomic E-state index is 12.4. The summed E-state index contributed by atoms with van der Waals surface area (Å²) in [4.78, 5) is 24.3. The van der Waals surface area contributed by atoms with Gasteiger partial charge in [0.25, 0.3) is 0 Å². The second kappa shape index (κ2) is 9.16. The molecule has 3 aromatic heterocycles. The van der Waals surface area contributed by atoms with Gasteiger partial charge in [0.2, 0.25) is 5.91 Å². The van der Waals surface area contributed by atoms with Crippen molar-refractivity contribution >= 4 is 17.1 Å². The van der Waals surface area contributed by atoms with Gasteiger partial charge in [-0.3, -0.25) is 14.7 Å². The standard InChI is InChI=1S/C28H37N7O/c1-20(2)34-11-10-30-28(3,19-34)23-6-7-24(29-17-23)22-16-26-25(8-9-31-35(26)18-22)32-12-14-33(15-13-32)27(36)21-4-5-21/h6-9,16-18,20-21,30H,4-5,10-15,19H2,1-3H3/t28-/m1/s1. The fourth-order valence-electron chi connectivity index (χ4n) is 5.71. The largest absolute Gasteiger partial charge is 0.366 e. The quantitative estimate of drug-likeness (QED) is 0.597. The van der Waals surface area contributed by atoms with Gasteiger partial charge in [-0.05, 0) is 57.4 Å². The van der Waals surface area contributed by atoms with Crippen molar-refractivity contribution in [3.05, 3.63) is 48.4 Å². The molecule has 8 nitrogen and oxygen atoms in total. The molecule has 36 heavy (non-hydrogen) atoms. The highest BCUT2D eigenvalue weighted by molar-refractivity contribution is 5.82. The zero-order valence-corrected chi connectivity index (χ0v) is 21.7. The molecule has 0 spiro atoms. The maximum Gasteiger partial charge on any atom is 0.225 e. The van der Waals surface area contributed by atoms with Crippen LogP contribution >= 0.6 is 0 Å². The highest BCUT2D eigenvalue weighted by atomic mass is 16.2. The first-order valence-electron chi connectivity index (χ1n) is 13.4. The zero-order chi connectivity index (χ0) is 24.9. The molecule has 190 valence electrons. The van der Waals surface area contributed by atoms with Crippen LogP contribution in [0.4, 0.5) is 5.69 Å². The molecular weight excluding hydrogens is 450 g/mol. The first-order chi connectivity index (χ1) is 17.4. The predicted molar refractivity (Wildman–Crippen MR) is 142 cm³/mol. The second-order valence-corrected chi connectivity index (χ2v) is 11.1. The molecule has 0 aromatic carbocycles. The molecular formula is C28H37N7O. The van der Waals surface area contributed by atoms with E-state index in [2.05, 4.69) is 71.4 Å². The van der Waals surface area contributed by atoms with Crippen LogP contribution in [0, 0.1) is 5.92 Å². The summed E-state index contributed by atoms with van der Waals surface area (Å²) in [6, 6.07) is 9.16. The summed E-state index contributed by atoms with van der Waals surface area (Å²) >= 11 is 0. The molecule has 1 N–H and O–H groups in total. The third-order valence-electron chi connectivity index (χ3n) is 8.21. The lowest BCUT2D eigenvalue weighted by Crippen LogP contribution is -2.58. The normalized spacial score (nSPS) is 23.6. The molecule has 1 aliphatic carbocycles. The molecule has 2 aliphatic heterocycles.